The van der Waals surface area contributed by atoms with Gasteiger partial charge in [-0.05, 0) is 24.0 Å². The highest BCUT2D eigenvalue weighted by Gasteiger charge is 2.42. The average molecular weight is 281 g/mol. The van der Waals surface area contributed by atoms with E-state index in [0.717, 1.165) is 25.3 Å². The van der Waals surface area contributed by atoms with Gasteiger partial charge >= 0.3 is 0 Å². The number of fused-ring (bicyclic) bond motifs is 1. The minimum Gasteiger partial charge on any atom is -0.297 e. The van der Waals surface area contributed by atoms with Crippen molar-refractivity contribution >= 4 is 10.0 Å². The Morgan fingerprint density at radius 3 is 2.42 bits per heavy atom. The van der Waals surface area contributed by atoms with Gasteiger partial charge in [-0.15, -0.1) is 0 Å². The maximum absolute atomic E-state index is 11.5. The van der Waals surface area contributed by atoms with Gasteiger partial charge in [-0.1, -0.05) is 6.07 Å². The third-order valence-corrected chi connectivity index (χ3v) is 5.35. The molecule has 0 amide bonds. The lowest BCUT2D eigenvalue weighted by atomic mass is 10.0. The van der Waals surface area contributed by atoms with Crippen LogP contribution < -0.4 is 0 Å². The molecule has 2 saturated heterocycles. The predicted molar refractivity (Wildman–Crippen MR) is 72.9 cm³/mol. The first-order valence-corrected chi connectivity index (χ1v) is 8.44. The maximum Gasteiger partial charge on any atom is 0.211 e. The first kappa shape index (κ1) is 13.0. The number of hydrogen-bond donors (Lipinski definition) is 0. The quantitative estimate of drug-likeness (QED) is 0.805. The van der Waals surface area contributed by atoms with Crippen molar-refractivity contribution in [2.75, 3.05) is 32.4 Å². The van der Waals surface area contributed by atoms with Gasteiger partial charge in [0.05, 0.1) is 11.9 Å². The van der Waals surface area contributed by atoms with Crippen molar-refractivity contribution in [2.24, 2.45) is 11.8 Å². The van der Waals surface area contributed by atoms with Gasteiger partial charge in [-0.25, -0.2) is 12.7 Å². The van der Waals surface area contributed by atoms with Gasteiger partial charge in [0, 0.05) is 38.9 Å². The summed E-state index contributed by atoms with van der Waals surface area (Å²) in [7, 11) is -3.02. The van der Waals surface area contributed by atoms with E-state index in [1.165, 1.54) is 6.26 Å². The van der Waals surface area contributed by atoms with Crippen molar-refractivity contribution in [1.29, 1.82) is 0 Å². The Kier molecular flexibility index (Phi) is 3.32. The minimum absolute atomic E-state index is 0.485. The molecule has 104 valence electrons. The molecule has 2 aliphatic rings. The number of rotatable bonds is 3. The molecular formula is C13H19N3O2S. The second-order valence-corrected chi connectivity index (χ2v) is 7.60. The van der Waals surface area contributed by atoms with Crippen LogP contribution in [-0.2, 0) is 16.6 Å². The molecule has 3 heterocycles. The standard InChI is InChI=1S/C13H19N3O2S/c1-19(17,18)16-8-11-6-15(7-12(11)9-16)10-13-4-2-3-5-14-13/h2-5,11-12H,6-10H2,1H3/t11-,12-/m0/s1. The lowest BCUT2D eigenvalue weighted by molar-refractivity contribution is 0.287. The monoisotopic (exact) mass is 281 g/mol. The molecule has 0 N–H and O–H groups in total. The molecule has 0 aliphatic carbocycles. The van der Waals surface area contributed by atoms with Crippen molar-refractivity contribution < 1.29 is 8.42 Å². The molecule has 0 unspecified atom stereocenters. The summed E-state index contributed by atoms with van der Waals surface area (Å²) in [5.74, 6) is 0.969. The average Bonchev–Trinajstić information content (AvgIpc) is 2.87. The van der Waals surface area contributed by atoms with Gasteiger partial charge in [0.15, 0.2) is 0 Å². The van der Waals surface area contributed by atoms with E-state index in [1.807, 2.05) is 24.4 Å². The van der Waals surface area contributed by atoms with Crippen LogP contribution in [0.1, 0.15) is 5.69 Å². The second kappa shape index (κ2) is 4.85. The molecule has 2 atom stereocenters. The van der Waals surface area contributed by atoms with Crippen molar-refractivity contribution in [3.8, 4) is 0 Å². The van der Waals surface area contributed by atoms with Crippen LogP contribution >= 0.6 is 0 Å². The zero-order valence-corrected chi connectivity index (χ0v) is 11.9. The summed E-state index contributed by atoms with van der Waals surface area (Å²) >= 11 is 0. The fraction of sp³-hybridized carbons (Fsp3) is 0.615. The highest BCUT2D eigenvalue weighted by molar-refractivity contribution is 7.88. The van der Waals surface area contributed by atoms with E-state index < -0.39 is 10.0 Å². The zero-order chi connectivity index (χ0) is 13.5. The Morgan fingerprint density at radius 1 is 1.21 bits per heavy atom. The lowest BCUT2D eigenvalue weighted by Gasteiger charge is -2.19. The maximum atomic E-state index is 11.5. The number of sulfonamides is 1. The molecule has 0 aromatic carbocycles. The summed E-state index contributed by atoms with van der Waals surface area (Å²) in [4.78, 5) is 6.73. The number of hydrogen-bond acceptors (Lipinski definition) is 4. The van der Waals surface area contributed by atoms with Crippen molar-refractivity contribution in [3.05, 3.63) is 30.1 Å². The Morgan fingerprint density at radius 2 is 1.89 bits per heavy atom. The molecule has 5 nitrogen and oxygen atoms in total. The van der Waals surface area contributed by atoms with Crippen molar-refractivity contribution in [2.45, 2.75) is 6.54 Å². The van der Waals surface area contributed by atoms with Crippen LogP contribution in [0, 0.1) is 11.8 Å². The van der Waals surface area contributed by atoms with Crippen molar-refractivity contribution in [3.63, 3.8) is 0 Å². The minimum atomic E-state index is -3.02. The molecule has 0 spiro atoms. The van der Waals surface area contributed by atoms with E-state index >= 15 is 0 Å². The van der Waals surface area contributed by atoms with Crippen LogP contribution in [0.25, 0.3) is 0 Å². The summed E-state index contributed by atoms with van der Waals surface area (Å²) in [6.07, 6.45) is 3.12. The van der Waals surface area contributed by atoms with E-state index in [4.69, 9.17) is 0 Å². The Bertz CT molecular complexity index is 532. The smallest absolute Gasteiger partial charge is 0.211 e. The number of aromatic nitrogens is 1. The van der Waals surface area contributed by atoms with Crippen LogP contribution in [-0.4, -0.2) is 55.0 Å². The van der Waals surface area contributed by atoms with Crippen LogP contribution in [0.15, 0.2) is 24.4 Å². The fourth-order valence-electron chi connectivity index (χ4n) is 3.17. The summed E-state index contributed by atoms with van der Waals surface area (Å²) in [5.41, 5.74) is 1.09. The molecule has 1 aromatic rings. The zero-order valence-electron chi connectivity index (χ0n) is 11.1. The summed E-state index contributed by atoms with van der Waals surface area (Å²) in [6, 6.07) is 5.97. The van der Waals surface area contributed by atoms with Gasteiger partial charge in [0.25, 0.3) is 0 Å². The van der Waals surface area contributed by atoms with E-state index in [2.05, 4.69) is 9.88 Å². The molecule has 6 heteroatoms. The third-order valence-electron chi connectivity index (χ3n) is 4.11. The molecule has 0 saturated carbocycles. The fourth-order valence-corrected chi connectivity index (χ4v) is 4.09. The summed E-state index contributed by atoms with van der Waals surface area (Å²) in [6.45, 7) is 4.19. The largest absolute Gasteiger partial charge is 0.297 e. The Balaban J connectivity index is 1.60. The van der Waals surface area contributed by atoms with Crippen LogP contribution in [0.5, 0.6) is 0 Å². The van der Waals surface area contributed by atoms with Crippen LogP contribution in [0.2, 0.25) is 0 Å². The summed E-state index contributed by atoms with van der Waals surface area (Å²) in [5, 5.41) is 0. The van der Waals surface area contributed by atoms with E-state index in [-0.39, 0.29) is 0 Å². The Labute approximate surface area is 114 Å². The van der Waals surface area contributed by atoms with Crippen LogP contribution in [0.4, 0.5) is 0 Å². The molecular weight excluding hydrogens is 262 g/mol. The van der Waals surface area contributed by atoms with Gasteiger partial charge in [0.2, 0.25) is 10.0 Å². The first-order valence-electron chi connectivity index (χ1n) is 6.60. The van der Waals surface area contributed by atoms with E-state index in [0.29, 0.717) is 24.9 Å². The van der Waals surface area contributed by atoms with Gasteiger partial charge in [0.1, 0.15) is 0 Å². The molecule has 2 fully saturated rings. The molecule has 0 radical (unpaired) electrons. The van der Waals surface area contributed by atoms with Crippen LogP contribution in [0.3, 0.4) is 0 Å². The highest BCUT2D eigenvalue weighted by atomic mass is 32.2. The molecule has 1 aromatic heterocycles. The van der Waals surface area contributed by atoms with Crippen molar-refractivity contribution in [1.82, 2.24) is 14.2 Å². The Hall–Kier alpha value is -0.980. The molecule has 3 rings (SSSR count). The lowest BCUT2D eigenvalue weighted by Crippen LogP contribution is -2.32. The predicted octanol–water partition coefficient (Wildman–Crippen LogP) is 0.405. The molecule has 2 aliphatic heterocycles. The van der Waals surface area contributed by atoms with E-state index in [1.54, 1.807) is 4.31 Å². The third kappa shape index (κ3) is 2.80. The molecule has 19 heavy (non-hydrogen) atoms. The topological polar surface area (TPSA) is 53.5 Å². The summed E-state index contributed by atoms with van der Waals surface area (Å²) < 4.78 is 24.7. The number of likely N-dealkylation sites (tertiary alicyclic amines) is 1. The van der Waals surface area contributed by atoms with Gasteiger partial charge in [-0.3, -0.25) is 9.88 Å². The van der Waals surface area contributed by atoms with Gasteiger partial charge < -0.3 is 0 Å². The van der Waals surface area contributed by atoms with E-state index in [9.17, 15) is 8.42 Å². The SMILES string of the molecule is CS(=O)(=O)N1C[C@@H]2CN(Cc3ccccn3)C[C@H]2C1. The number of pyridine rings is 1. The second-order valence-electron chi connectivity index (χ2n) is 5.62. The normalized spacial score (nSPS) is 28.7. The van der Waals surface area contributed by atoms with Gasteiger partial charge in [-0.2, -0.15) is 0 Å². The number of nitrogens with zero attached hydrogens (tertiary/aromatic N) is 3. The molecule has 0 bridgehead atoms. The first-order chi connectivity index (χ1) is 9.02. The highest BCUT2D eigenvalue weighted by Crippen LogP contribution is 2.32.